The lowest BCUT2D eigenvalue weighted by Gasteiger charge is -2.13. The van der Waals surface area contributed by atoms with Crippen LogP contribution in [0.5, 0.6) is 11.5 Å². The fraction of sp³-hybridized carbons (Fsp3) is 0.190. The molecule has 152 valence electrons. The number of ether oxygens (including phenoxy) is 2. The van der Waals surface area contributed by atoms with Crippen molar-refractivity contribution < 1.29 is 17.9 Å². The van der Waals surface area contributed by atoms with Crippen LogP contribution in [-0.2, 0) is 10.0 Å². The van der Waals surface area contributed by atoms with E-state index in [2.05, 4.69) is 25.9 Å². The number of sulfonamides is 1. The van der Waals surface area contributed by atoms with Gasteiger partial charge in [-0.15, -0.1) is 0 Å². The number of hydrogen-bond acceptors (Lipinski definition) is 5. The van der Waals surface area contributed by atoms with Crippen LogP contribution in [0.25, 0.3) is 10.8 Å². The second kappa shape index (κ2) is 9.28. The van der Waals surface area contributed by atoms with Gasteiger partial charge < -0.3 is 9.47 Å². The molecular formula is C21H21BrN2O4S. The highest BCUT2D eigenvalue weighted by molar-refractivity contribution is 9.10. The molecule has 3 aromatic rings. The molecule has 0 aliphatic heterocycles. The average molecular weight is 477 g/mol. The number of nitrogens with zero attached hydrogens (tertiary/aromatic N) is 1. The minimum atomic E-state index is -3.78. The van der Waals surface area contributed by atoms with Crippen molar-refractivity contribution in [1.29, 1.82) is 0 Å². The maximum atomic E-state index is 12.6. The first-order valence-corrected chi connectivity index (χ1v) is 11.3. The van der Waals surface area contributed by atoms with Crippen molar-refractivity contribution in [3.05, 3.63) is 64.6 Å². The lowest BCUT2D eigenvalue weighted by atomic mass is 10.1. The van der Waals surface area contributed by atoms with E-state index < -0.39 is 10.0 Å². The minimum Gasteiger partial charge on any atom is -0.490 e. The van der Waals surface area contributed by atoms with Crippen LogP contribution in [0.3, 0.4) is 0 Å². The third-order valence-corrected chi connectivity index (χ3v) is 5.85. The molecule has 29 heavy (non-hydrogen) atoms. The van der Waals surface area contributed by atoms with Crippen molar-refractivity contribution in [2.75, 3.05) is 13.2 Å². The summed E-state index contributed by atoms with van der Waals surface area (Å²) in [7, 11) is -3.78. The number of hydrogen-bond donors (Lipinski definition) is 1. The third-order valence-electron chi connectivity index (χ3n) is 4.04. The first-order valence-electron chi connectivity index (χ1n) is 9.07. The monoisotopic (exact) mass is 476 g/mol. The molecule has 6 nitrogen and oxygen atoms in total. The Bertz CT molecular complexity index is 1150. The molecule has 0 aliphatic carbocycles. The zero-order valence-electron chi connectivity index (χ0n) is 16.1. The van der Waals surface area contributed by atoms with Crippen LogP contribution >= 0.6 is 15.9 Å². The van der Waals surface area contributed by atoms with E-state index in [0.717, 1.165) is 10.8 Å². The lowest BCUT2D eigenvalue weighted by molar-refractivity contribution is 0.286. The van der Waals surface area contributed by atoms with Gasteiger partial charge in [0.1, 0.15) is 0 Å². The highest BCUT2D eigenvalue weighted by Crippen LogP contribution is 2.36. The van der Waals surface area contributed by atoms with Gasteiger partial charge in [0.2, 0.25) is 0 Å². The maximum absolute atomic E-state index is 12.6. The second-order valence-corrected chi connectivity index (χ2v) is 8.57. The van der Waals surface area contributed by atoms with E-state index in [1.165, 1.54) is 6.21 Å². The van der Waals surface area contributed by atoms with Gasteiger partial charge >= 0.3 is 0 Å². The van der Waals surface area contributed by atoms with Gasteiger partial charge in [-0.25, -0.2) is 4.83 Å². The predicted molar refractivity (Wildman–Crippen MR) is 118 cm³/mol. The van der Waals surface area contributed by atoms with Crippen LogP contribution < -0.4 is 14.3 Å². The molecule has 3 aromatic carbocycles. The van der Waals surface area contributed by atoms with E-state index in [1.54, 1.807) is 30.3 Å². The molecule has 3 rings (SSSR count). The van der Waals surface area contributed by atoms with Gasteiger partial charge in [-0.2, -0.15) is 13.5 Å². The summed E-state index contributed by atoms with van der Waals surface area (Å²) < 4.78 is 37.0. The Kier molecular flexibility index (Phi) is 6.76. The average Bonchev–Trinajstić information content (AvgIpc) is 2.70. The van der Waals surface area contributed by atoms with E-state index in [9.17, 15) is 8.42 Å². The Morgan fingerprint density at radius 3 is 2.45 bits per heavy atom. The Labute approximate surface area is 178 Å². The second-order valence-electron chi connectivity index (χ2n) is 6.06. The molecular weight excluding hydrogens is 456 g/mol. The van der Waals surface area contributed by atoms with Gasteiger partial charge in [0, 0.05) is 0 Å². The molecule has 1 N–H and O–H groups in total. The zero-order valence-corrected chi connectivity index (χ0v) is 18.5. The van der Waals surface area contributed by atoms with Crippen LogP contribution in [0, 0.1) is 0 Å². The molecule has 8 heteroatoms. The molecule has 0 fully saturated rings. The van der Waals surface area contributed by atoms with Gasteiger partial charge in [-0.1, -0.05) is 30.3 Å². The van der Waals surface area contributed by atoms with E-state index >= 15 is 0 Å². The van der Waals surface area contributed by atoms with Crippen LogP contribution in [0.1, 0.15) is 19.4 Å². The summed E-state index contributed by atoms with van der Waals surface area (Å²) in [5.74, 6) is 1.16. The molecule has 0 radical (unpaired) electrons. The summed E-state index contributed by atoms with van der Waals surface area (Å²) in [4.78, 5) is 2.40. The SMILES string of the molecule is CCOc1cc(/C=N/NS(=O)(=O)c2ccc3ccccc3c2)cc(Br)c1OCC. The molecule has 0 bridgehead atoms. The third kappa shape index (κ3) is 5.07. The molecule has 0 aromatic heterocycles. The zero-order chi connectivity index (χ0) is 20.9. The van der Waals surface area contributed by atoms with E-state index in [0.29, 0.717) is 34.7 Å². The van der Waals surface area contributed by atoms with Gasteiger partial charge in [0.05, 0.1) is 28.8 Å². The smallest absolute Gasteiger partial charge is 0.276 e. The summed E-state index contributed by atoms with van der Waals surface area (Å²) >= 11 is 3.45. The van der Waals surface area contributed by atoms with Gasteiger partial charge in [-0.3, -0.25) is 0 Å². The van der Waals surface area contributed by atoms with Gasteiger partial charge in [0.25, 0.3) is 10.0 Å². The molecule has 0 amide bonds. The molecule has 0 atom stereocenters. The molecule has 0 saturated heterocycles. The highest BCUT2D eigenvalue weighted by Gasteiger charge is 2.14. The maximum Gasteiger partial charge on any atom is 0.276 e. The number of halogens is 1. The summed E-state index contributed by atoms with van der Waals surface area (Å²) in [6, 6.07) is 16.0. The first kappa shape index (κ1) is 21.1. The van der Waals surface area contributed by atoms with Crippen molar-refractivity contribution >= 4 is 42.9 Å². The number of nitrogens with one attached hydrogen (secondary N) is 1. The van der Waals surface area contributed by atoms with Gasteiger partial charge in [0.15, 0.2) is 11.5 Å². The van der Waals surface area contributed by atoms with Crippen molar-refractivity contribution in [2.24, 2.45) is 5.10 Å². The minimum absolute atomic E-state index is 0.149. The number of rotatable bonds is 8. The molecule has 0 unspecified atom stereocenters. The summed E-state index contributed by atoms with van der Waals surface area (Å²) in [5.41, 5.74) is 0.657. The van der Waals surface area contributed by atoms with E-state index in [4.69, 9.17) is 9.47 Å². The standard InChI is InChI=1S/C21H21BrN2O4S/c1-3-27-20-12-15(11-19(22)21(20)28-4-2)14-23-24-29(25,26)18-10-9-16-7-5-6-8-17(16)13-18/h5-14,24H,3-4H2,1-2H3/b23-14+. The summed E-state index contributed by atoms with van der Waals surface area (Å²) in [5, 5.41) is 5.72. The Morgan fingerprint density at radius 2 is 1.72 bits per heavy atom. The fourth-order valence-corrected chi connectivity index (χ4v) is 4.17. The molecule has 0 saturated carbocycles. The van der Waals surface area contributed by atoms with E-state index in [1.807, 2.05) is 38.1 Å². The van der Waals surface area contributed by atoms with Crippen molar-refractivity contribution in [3.63, 3.8) is 0 Å². The topological polar surface area (TPSA) is 77.0 Å². The van der Waals surface area contributed by atoms with Gasteiger partial charge in [-0.05, 0) is 70.4 Å². The highest BCUT2D eigenvalue weighted by atomic mass is 79.9. The number of benzene rings is 3. The normalized spacial score (nSPS) is 11.7. The largest absolute Gasteiger partial charge is 0.490 e. The first-order chi connectivity index (χ1) is 13.9. The van der Waals surface area contributed by atoms with Crippen LogP contribution in [0.4, 0.5) is 0 Å². The lowest BCUT2D eigenvalue weighted by Crippen LogP contribution is -2.18. The predicted octanol–water partition coefficient (Wildman–Crippen LogP) is 4.71. The Morgan fingerprint density at radius 1 is 1.00 bits per heavy atom. The molecule has 0 aliphatic rings. The molecule has 0 heterocycles. The van der Waals surface area contributed by atoms with Crippen LogP contribution in [0.15, 0.2) is 69.1 Å². The fourth-order valence-electron chi connectivity index (χ4n) is 2.77. The molecule has 0 spiro atoms. The number of hydrazone groups is 1. The Hall–Kier alpha value is -2.58. The van der Waals surface area contributed by atoms with Crippen molar-refractivity contribution in [2.45, 2.75) is 18.7 Å². The van der Waals surface area contributed by atoms with Crippen LogP contribution in [-0.4, -0.2) is 27.8 Å². The summed E-state index contributed by atoms with van der Waals surface area (Å²) in [6.07, 6.45) is 1.42. The van der Waals surface area contributed by atoms with Crippen molar-refractivity contribution in [3.8, 4) is 11.5 Å². The van der Waals surface area contributed by atoms with E-state index in [-0.39, 0.29) is 4.90 Å². The Balaban J connectivity index is 1.82. The quantitative estimate of drug-likeness (QED) is 0.377. The van der Waals surface area contributed by atoms with Crippen molar-refractivity contribution in [1.82, 2.24) is 4.83 Å². The van der Waals surface area contributed by atoms with Crippen LogP contribution in [0.2, 0.25) is 0 Å². The number of fused-ring (bicyclic) bond motifs is 1. The summed E-state index contributed by atoms with van der Waals surface area (Å²) in [6.45, 7) is 4.74.